The first kappa shape index (κ1) is 34.2. The molecule has 2 aromatic heterocycles. The average molecular weight is 669 g/mol. The molecule has 2 aliphatic rings. The molecule has 0 amide bonds. The molecule has 1 atom stereocenters. The number of anilines is 1. The third-order valence-electron chi connectivity index (χ3n) is 9.32. The SMILES string of the molecule is CC(C)(C)OC(=O)c1ccc(N2CCN([C@@H]3CCCCc4ccccc43)CC2)cc1Oc1cnc2c(ccn2COCC[Si](C)(C)C)c1. The Morgan fingerprint density at radius 1 is 0.979 bits per heavy atom. The van der Waals surface area contributed by atoms with Gasteiger partial charge in [0.25, 0.3) is 0 Å². The van der Waals surface area contributed by atoms with E-state index in [0.717, 1.165) is 55.6 Å². The van der Waals surface area contributed by atoms with Crippen molar-refractivity contribution in [3.63, 3.8) is 0 Å². The quantitative estimate of drug-likeness (QED) is 0.0725. The van der Waals surface area contributed by atoms with Gasteiger partial charge in [0.1, 0.15) is 35.0 Å². The second kappa shape index (κ2) is 14.4. The number of carbonyl (C=O) groups is 1. The van der Waals surface area contributed by atoms with Crippen molar-refractivity contribution in [2.45, 2.75) is 90.5 Å². The van der Waals surface area contributed by atoms with E-state index in [0.29, 0.717) is 29.8 Å². The zero-order valence-corrected chi connectivity index (χ0v) is 30.6. The van der Waals surface area contributed by atoms with Crippen molar-refractivity contribution in [1.82, 2.24) is 14.5 Å². The minimum Gasteiger partial charge on any atom is -0.456 e. The van der Waals surface area contributed by atoms with Gasteiger partial charge in [0.05, 0.1) is 6.20 Å². The van der Waals surface area contributed by atoms with Gasteiger partial charge >= 0.3 is 5.97 Å². The van der Waals surface area contributed by atoms with Crippen LogP contribution in [0.25, 0.3) is 11.0 Å². The maximum absolute atomic E-state index is 13.4. The van der Waals surface area contributed by atoms with Crippen molar-refractivity contribution in [2.24, 2.45) is 0 Å². The minimum atomic E-state index is -1.15. The number of hydrogen-bond acceptors (Lipinski definition) is 7. The highest BCUT2D eigenvalue weighted by atomic mass is 28.3. The summed E-state index contributed by atoms with van der Waals surface area (Å²) in [5, 5.41) is 0.951. The summed E-state index contributed by atoms with van der Waals surface area (Å²) in [6.07, 6.45) is 8.64. The Labute approximate surface area is 287 Å². The van der Waals surface area contributed by atoms with Gasteiger partial charge in [-0.1, -0.05) is 50.3 Å². The van der Waals surface area contributed by atoms with E-state index in [1.807, 2.05) is 61.9 Å². The van der Waals surface area contributed by atoms with Gasteiger partial charge in [0.15, 0.2) is 0 Å². The van der Waals surface area contributed by atoms with Gasteiger partial charge in [0.2, 0.25) is 0 Å². The second-order valence-electron chi connectivity index (χ2n) is 15.5. The summed E-state index contributed by atoms with van der Waals surface area (Å²) in [5.41, 5.74) is 4.67. The molecule has 256 valence electrons. The largest absolute Gasteiger partial charge is 0.456 e. The summed E-state index contributed by atoms with van der Waals surface area (Å²) < 4.78 is 20.2. The van der Waals surface area contributed by atoms with E-state index in [1.54, 1.807) is 6.20 Å². The second-order valence-corrected chi connectivity index (χ2v) is 21.1. The molecule has 0 N–H and O–H groups in total. The van der Waals surface area contributed by atoms with Gasteiger partial charge in [0, 0.05) is 70.2 Å². The van der Waals surface area contributed by atoms with E-state index in [2.05, 4.69) is 53.7 Å². The highest BCUT2D eigenvalue weighted by Crippen LogP contribution is 2.36. The molecule has 0 unspecified atom stereocenters. The van der Waals surface area contributed by atoms with Crippen molar-refractivity contribution in [3.05, 3.63) is 83.7 Å². The van der Waals surface area contributed by atoms with Gasteiger partial charge in [-0.05, 0) is 81.5 Å². The zero-order valence-electron chi connectivity index (χ0n) is 29.6. The number of hydrogen-bond donors (Lipinski definition) is 0. The lowest BCUT2D eigenvalue weighted by molar-refractivity contribution is 0.00671. The topological polar surface area (TPSA) is 69.1 Å². The number of nitrogens with zero attached hydrogens (tertiary/aromatic N) is 4. The number of carbonyl (C=O) groups excluding carboxylic acids is 1. The molecule has 0 bridgehead atoms. The fraction of sp³-hybridized carbons (Fsp3) is 0.487. The number of pyridine rings is 1. The van der Waals surface area contributed by atoms with Gasteiger partial charge < -0.3 is 23.7 Å². The van der Waals surface area contributed by atoms with Crippen molar-refractivity contribution < 1.29 is 19.0 Å². The molecule has 48 heavy (non-hydrogen) atoms. The summed E-state index contributed by atoms with van der Waals surface area (Å²) >= 11 is 0. The standard InChI is InChI=1S/C39H52N4O4Si/c1-39(2,3)47-38(44)34-16-15-31(41-19-21-42(22-20-41)35-14-10-8-12-29-11-7-9-13-33(29)35)26-36(34)46-32-25-30-17-18-43(37(30)40-27-32)28-45-23-24-48(4,5)6/h7,9,11,13,15-18,25-27,35H,8,10,12,14,19-24,28H2,1-6H3/t35-/m1/s1. The van der Waals surface area contributed by atoms with Crippen LogP contribution in [0.2, 0.25) is 25.7 Å². The Morgan fingerprint density at radius 3 is 2.54 bits per heavy atom. The summed E-state index contributed by atoms with van der Waals surface area (Å²) in [6, 6.07) is 20.5. The van der Waals surface area contributed by atoms with Crippen molar-refractivity contribution >= 4 is 30.8 Å². The number of aryl methyl sites for hydroxylation is 1. The number of rotatable bonds is 10. The average Bonchev–Trinajstić information content (AvgIpc) is 3.31. The van der Waals surface area contributed by atoms with Gasteiger partial charge in [-0.2, -0.15) is 0 Å². The van der Waals surface area contributed by atoms with Crippen LogP contribution in [-0.2, 0) is 22.6 Å². The summed E-state index contributed by atoms with van der Waals surface area (Å²) in [7, 11) is -1.15. The molecule has 0 radical (unpaired) electrons. The Hall–Kier alpha value is -3.66. The van der Waals surface area contributed by atoms with E-state index >= 15 is 0 Å². The molecule has 8 nitrogen and oxygen atoms in total. The number of aromatic nitrogens is 2. The maximum atomic E-state index is 13.4. The fourth-order valence-corrected chi connectivity index (χ4v) is 7.50. The number of esters is 1. The molecule has 1 aliphatic carbocycles. The zero-order chi connectivity index (χ0) is 33.9. The van der Waals surface area contributed by atoms with E-state index in [-0.39, 0.29) is 0 Å². The third kappa shape index (κ3) is 8.48. The van der Waals surface area contributed by atoms with Gasteiger partial charge in [-0.15, -0.1) is 0 Å². The molecule has 2 aromatic carbocycles. The van der Waals surface area contributed by atoms with Crippen molar-refractivity contribution in [2.75, 3.05) is 37.7 Å². The summed E-state index contributed by atoms with van der Waals surface area (Å²) in [6.45, 7) is 17.7. The Balaban J connectivity index is 1.19. The molecule has 1 saturated heterocycles. The number of ether oxygens (including phenoxy) is 3. The molecule has 0 spiro atoms. The first-order chi connectivity index (χ1) is 22.9. The third-order valence-corrected chi connectivity index (χ3v) is 11.0. The van der Waals surface area contributed by atoms with Crippen LogP contribution in [0.15, 0.2) is 67.0 Å². The normalized spacial score (nSPS) is 17.6. The van der Waals surface area contributed by atoms with E-state index in [9.17, 15) is 4.79 Å². The predicted octanol–water partition coefficient (Wildman–Crippen LogP) is 8.69. The lowest BCUT2D eigenvalue weighted by atomic mass is 9.97. The molecular formula is C39H52N4O4Si. The highest BCUT2D eigenvalue weighted by Gasteiger charge is 2.29. The van der Waals surface area contributed by atoms with Crippen molar-refractivity contribution in [3.8, 4) is 11.5 Å². The fourth-order valence-electron chi connectivity index (χ4n) is 6.75. The molecule has 6 rings (SSSR count). The van der Waals surface area contributed by atoms with E-state index in [4.69, 9.17) is 19.2 Å². The number of piperazine rings is 1. The molecule has 4 aromatic rings. The molecule has 1 aliphatic heterocycles. The van der Waals surface area contributed by atoms with Crippen molar-refractivity contribution in [1.29, 1.82) is 0 Å². The summed E-state index contributed by atoms with van der Waals surface area (Å²) in [4.78, 5) is 23.1. The van der Waals surface area contributed by atoms with Crippen LogP contribution < -0.4 is 9.64 Å². The van der Waals surface area contributed by atoms with Crippen LogP contribution in [-0.4, -0.2) is 66.9 Å². The van der Waals surface area contributed by atoms with Gasteiger partial charge in [-0.3, -0.25) is 4.90 Å². The molecular weight excluding hydrogens is 617 g/mol. The minimum absolute atomic E-state index is 0.399. The van der Waals surface area contributed by atoms with E-state index in [1.165, 1.54) is 36.8 Å². The Bertz CT molecular complexity index is 1720. The number of benzene rings is 2. The molecule has 3 heterocycles. The van der Waals surface area contributed by atoms with Crippen LogP contribution in [0.1, 0.15) is 67.6 Å². The Morgan fingerprint density at radius 2 is 1.77 bits per heavy atom. The van der Waals surface area contributed by atoms with Crippen LogP contribution >= 0.6 is 0 Å². The van der Waals surface area contributed by atoms with Gasteiger partial charge in [-0.25, -0.2) is 9.78 Å². The lowest BCUT2D eigenvalue weighted by Crippen LogP contribution is -2.47. The Kier molecular flexibility index (Phi) is 10.3. The van der Waals surface area contributed by atoms with Crippen LogP contribution in [0, 0.1) is 0 Å². The van der Waals surface area contributed by atoms with Crippen LogP contribution in [0.4, 0.5) is 5.69 Å². The van der Waals surface area contributed by atoms with Crippen LogP contribution in [0.3, 0.4) is 0 Å². The maximum Gasteiger partial charge on any atom is 0.342 e. The highest BCUT2D eigenvalue weighted by molar-refractivity contribution is 6.76. The summed E-state index contributed by atoms with van der Waals surface area (Å²) in [5.74, 6) is 0.632. The van der Waals surface area contributed by atoms with Crippen LogP contribution in [0.5, 0.6) is 11.5 Å². The monoisotopic (exact) mass is 668 g/mol. The lowest BCUT2D eigenvalue weighted by Gasteiger charge is -2.40. The predicted molar refractivity (Wildman–Crippen MR) is 196 cm³/mol. The number of fused-ring (bicyclic) bond motifs is 2. The molecule has 0 saturated carbocycles. The van der Waals surface area contributed by atoms with E-state index < -0.39 is 19.6 Å². The molecule has 9 heteroatoms. The first-order valence-electron chi connectivity index (χ1n) is 17.6. The first-order valence-corrected chi connectivity index (χ1v) is 21.3. The smallest absolute Gasteiger partial charge is 0.342 e. The molecule has 1 fully saturated rings.